The third kappa shape index (κ3) is 4.77. The second-order valence-electron chi connectivity index (χ2n) is 8.53. The van der Waals surface area contributed by atoms with Gasteiger partial charge in [0, 0.05) is 43.5 Å². The lowest BCUT2D eigenvalue weighted by atomic mass is 10.0. The normalized spacial score (nSPS) is 12.0. The van der Waals surface area contributed by atoms with Gasteiger partial charge < -0.3 is 4.42 Å². The van der Waals surface area contributed by atoms with E-state index in [1.54, 1.807) is 16.8 Å². The highest BCUT2D eigenvalue weighted by Gasteiger charge is 2.20. The maximum absolute atomic E-state index is 13.6. The topological polar surface area (TPSA) is 94.1 Å². The van der Waals surface area contributed by atoms with Crippen molar-refractivity contribution in [3.63, 3.8) is 0 Å². The molecular weight excluding hydrogens is 481 g/mol. The summed E-state index contributed by atoms with van der Waals surface area (Å²) in [5.74, 6) is 0.318. The van der Waals surface area contributed by atoms with Crippen LogP contribution in [0.3, 0.4) is 0 Å². The fraction of sp³-hybridized carbons (Fsp3) is 0.192. The average molecular weight is 506 g/mol. The molecule has 0 saturated carbocycles. The number of hydrogen-bond acceptors (Lipinski definition) is 6. The Morgan fingerprint density at radius 1 is 0.972 bits per heavy atom. The zero-order valence-electron chi connectivity index (χ0n) is 19.8. The summed E-state index contributed by atoms with van der Waals surface area (Å²) in [6.45, 7) is 0.385. The number of benzene rings is 2. The molecule has 3 aromatic heterocycles. The van der Waals surface area contributed by atoms with Crippen LogP contribution in [-0.2, 0) is 16.6 Å². The van der Waals surface area contributed by atoms with E-state index < -0.39 is 10.0 Å². The van der Waals surface area contributed by atoms with Gasteiger partial charge in [0.05, 0.1) is 16.8 Å². The molecule has 0 aliphatic carbocycles. The highest BCUT2D eigenvalue weighted by Crippen LogP contribution is 2.36. The third-order valence-corrected chi connectivity index (χ3v) is 7.79. The van der Waals surface area contributed by atoms with Gasteiger partial charge in [-0.05, 0) is 36.8 Å². The third-order valence-electron chi connectivity index (χ3n) is 5.87. The van der Waals surface area contributed by atoms with Crippen LogP contribution in [0.4, 0.5) is 4.39 Å². The van der Waals surface area contributed by atoms with E-state index in [2.05, 4.69) is 9.97 Å². The number of sulfonamides is 1. The quantitative estimate of drug-likeness (QED) is 0.300. The Morgan fingerprint density at radius 2 is 1.72 bits per heavy atom. The molecular formula is C26H24FN5O3S. The van der Waals surface area contributed by atoms with Crippen molar-refractivity contribution < 1.29 is 17.2 Å². The summed E-state index contributed by atoms with van der Waals surface area (Å²) in [4.78, 5) is 8.84. The Morgan fingerprint density at radius 3 is 2.44 bits per heavy atom. The summed E-state index contributed by atoms with van der Waals surface area (Å²) < 4.78 is 46.9. The minimum atomic E-state index is -3.32. The van der Waals surface area contributed by atoms with Crippen LogP contribution in [0.2, 0.25) is 0 Å². The van der Waals surface area contributed by atoms with Crippen LogP contribution >= 0.6 is 0 Å². The first-order valence-electron chi connectivity index (χ1n) is 11.4. The minimum Gasteiger partial charge on any atom is -0.438 e. The Labute approximate surface area is 208 Å². The Kier molecular flexibility index (Phi) is 6.38. The Bertz CT molecular complexity index is 1610. The van der Waals surface area contributed by atoms with Gasteiger partial charge >= 0.3 is 0 Å². The monoisotopic (exact) mass is 505 g/mol. The molecule has 0 N–H and O–H groups in total. The molecule has 8 nitrogen and oxygen atoms in total. The van der Waals surface area contributed by atoms with Crippen LogP contribution < -0.4 is 0 Å². The van der Waals surface area contributed by atoms with Gasteiger partial charge in [-0.1, -0.05) is 30.3 Å². The lowest BCUT2D eigenvalue weighted by Crippen LogP contribution is -2.25. The molecule has 184 valence electrons. The molecule has 0 bridgehead atoms. The van der Waals surface area contributed by atoms with Crippen molar-refractivity contribution in [1.82, 2.24) is 24.1 Å². The fourth-order valence-corrected chi connectivity index (χ4v) is 4.80. The number of fused-ring (bicyclic) bond motifs is 1. The second-order valence-corrected chi connectivity index (χ2v) is 10.8. The number of rotatable bonds is 8. The first kappa shape index (κ1) is 23.8. The molecule has 3 heterocycles. The molecule has 0 atom stereocenters. The maximum Gasteiger partial charge on any atom is 0.230 e. The highest BCUT2D eigenvalue weighted by molar-refractivity contribution is 7.89. The first-order chi connectivity index (χ1) is 17.3. The highest BCUT2D eigenvalue weighted by atomic mass is 32.2. The molecule has 0 aliphatic heterocycles. The number of nitrogens with zero attached hydrogens (tertiary/aromatic N) is 5. The van der Waals surface area contributed by atoms with Crippen LogP contribution in [0.15, 0.2) is 77.6 Å². The summed E-state index contributed by atoms with van der Waals surface area (Å²) >= 11 is 0. The number of halogens is 1. The van der Waals surface area contributed by atoms with E-state index >= 15 is 0 Å². The molecule has 10 heteroatoms. The van der Waals surface area contributed by atoms with E-state index in [4.69, 9.17) is 9.52 Å². The molecule has 5 aromatic rings. The van der Waals surface area contributed by atoms with Crippen LogP contribution in [0.25, 0.3) is 44.9 Å². The van der Waals surface area contributed by atoms with Crippen LogP contribution in [0.5, 0.6) is 0 Å². The van der Waals surface area contributed by atoms with E-state index in [0.717, 1.165) is 10.9 Å². The largest absolute Gasteiger partial charge is 0.438 e. The Balaban J connectivity index is 1.57. The van der Waals surface area contributed by atoms with Crippen molar-refractivity contribution >= 4 is 21.1 Å². The predicted molar refractivity (Wildman–Crippen MR) is 136 cm³/mol. The molecule has 0 spiro atoms. The van der Waals surface area contributed by atoms with Crippen molar-refractivity contribution in [2.75, 3.05) is 19.8 Å². The van der Waals surface area contributed by atoms with Gasteiger partial charge in [0.15, 0.2) is 0 Å². The van der Waals surface area contributed by atoms with E-state index in [0.29, 0.717) is 47.0 Å². The molecule has 2 aromatic carbocycles. The molecule has 36 heavy (non-hydrogen) atoms. The molecule has 0 radical (unpaired) electrons. The summed E-state index contributed by atoms with van der Waals surface area (Å²) in [6.07, 6.45) is 3.65. The predicted octanol–water partition coefficient (Wildman–Crippen LogP) is 4.84. The second kappa shape index (κ2) is 9.63. The van der Waals surface area contributed by atoms with Gasteiger partial charge in [-0.25, -0.2) is 27.1 Å². The molecule has 0 aliphatic rings. The molecule has 0 unspecified atom stereocenters. The number of aromatic nitrogens is 4. The summed E-state index contributed by atoms with van der Waals surface area (Å²) in [5, 5.41) is 5.43. The lowest BCUT2D eigenvalue weighted by Gasteiger charge is -2.10. The van der Waals surface area contributed by atoms with E-state index in [-0.39, 0.29) is 11.6 Å². The van der Waals surface area contributed by atoms with Crippen LogP contribution in [0, 0.1) is 5.82 Å². The fourth-order valence-electron chi connectivity index (χ4n) is 3.94. The van der Waals surface area contributed by atoms with E-state index in [9.17, 15) is 12.8 Å². The van der Waals surface area contributed by atoms with E-state index in [1.165, 1.54) is 36.9 Å². The van der Waals surface area contributed by atoms with Crippen molar-refractivity contribution in [3.05, 3.63) is 79.0 Å². The number of aryl methyl sites for hydroxylation is 1. The lowest BCUT2D eigenvalue weighted by molar-refractivity contribution is 0.511. The summed E-state index contributed by atoms with van der Waals surface area (Å²) in [7, 11) is -0.282. The zero-order chi connectivity index (χ0) is 25.3. The van der Waals surface area contributed by atoms with Crippen molar-refractivity contribution in [1.29, 1.82) is 0 Å². The zero-order valence-corrected chi connectivity index (χ0v) is 20.6. The van der Waals surface area contributed by atoms with Gasteiger partial charge in [0.1, 0.15) is 23.6 Å². The van der Waals surface area contributed by atoms with Crippen molar-refractivity contribution in [3.8, 4) is 33.8 Å². The number of hydrogen-bond donors (Lipinski definition) is 0. The van der Waals surface area contributed by atoms with Gasteiger partial charge in [-0.2, -0.15) is 5.10 Å². The van der Waals surface area contributed by atoms with Crippen LogP contribution in [-0.4, -0.2) is 52.3 Å². The van der Waals surface area contributed by atoms with Gasteiger partial charge in [0.25, 0.3) is 0 Å². The maximum atomic E-state index is 13.6. The van der Waals surface area contributed by atoms with Crippen molar-refractivity contribution in [2.24, 2.45) is 0 Å². The minimum absolute atomic E-state index is 0.000986. The van der Waals surface area contributed by atoms with E-state index in [1.807, 2.05) is 42.6 Å². The summed E-state index contributed by atoms with van der Waals surface area (Å²) in [5.41, 5.74) is 4.01. The first-order valence-corrected chi connectivity index (χ1v) is 13.0. The summed E-state index contributed by atoms with van der Waals surface area (Å²) in [6, 6.07) is 17.7. The van der Waals surface area contributed by atoms with Gasteiger partial charge in [0.2, 0.25) is 15.7 Å². The smallest absolute Gasteiger partial charge is 0.230 e. The SMILES string of the molecule is CN(C)S(=O)(=O)CCCn1cc(-c2ncnc3oc(-c4ccccc4)cc23)c(-c2ccc(F)cc2)n1. The standard InChI is InChI=1S/C26H24FN5O3S/c1-31(2)36(33,34)14-6-13-32-16-22(24(30-32)19-9-11-20(27)12-10-19)25-21-15-23(18-7-4-3-5-8-18)35-26(21)29-17-28-25/h3-5,7-12,15-17H,6,13-14H2,1-2H3. The molecule has 0 fully saturated rings. The Hall–Kier alpha value is -3.89. The van der Waals surface area contributed by atoms with Crippen molar-refractivity contribution in [2.45, 2.75) is 13.0 Å². The molecule has 0 saturated heterocycles. The molecule has 0 amide bonds. The van der Waals surface area contributed by atoms with Gasteiger partial charge in [-0.3, -0.25) is 4.68 Å². The number of furan rings is 1. The molecule has 5 rings (SSSR count). The van der Waals surface area contributed by atoms with Gasteiger partial charge in [-0.15, -0.1) is 0 Å². The average Bonchev–Trinajstić information content (AvgIpc) is 3.49. The van der Waals surface area contributed by atoms with Crippen LogP contribution in [0.1, 0.15) is 6.42 Å².